The van der Waals surface area contributed by atoms with Gasteiger partial charge in [-0.3, -0.25) is 0 Å². The van der Waals surface area contributed by atoms with Crippen LogP contribution in [0.4, 0.5) is 5.82 Å². The summed E-state index contributed by atoms with van der Waals surface area (Å²) in [5.74, 6) is 0.994. The summed E-state index contributed by atoms with van der Waals surface area (Å²) in [6, 6.07) is 6.62. The number of nitrogens with zero attached hydrogens (tertiary/aromatic N) is 1. The van der Waals surface area contributed by atoms with Crippen molar-refractivity contribution in [2.75, 3.05) is 5.32 Å². The van der Waals surface area contributed by atoms with Gasteiger partial charge in [0.2, 0.25) is 0 Å². The zero-order valence-corrected chi connectivity index (χ0v) is 8.67. The first-order valence-corrected chi connectivity index (χ1v) is 4.96. The van der Waals surface area contributed by atoms with Gasteiger partial charge in [-0.05, 0) is 31.9 Å². The number of hydrogen-bond acceptors (Lipinski definition) is 2. The maximum absolute atomic E-state index is 4.40. The van der Waals surface area contributed by atoms with Gasteiger partial charge < -0.3 is 5.32 Å². The molecule has 0 bridgehead atoms. The molecular weight excluding hydrogens is 160 g/mol. The van der Waals surface area contributed by atoms with E-state index in [1.54, 1.807) is 0 Å². The minimum absolute atomic E-state index is 0.550. The van der Waals surface area contributed by atoms with Crippen LogP contribution in [0.2, 0.25) is 0 Å². The van der Waals surface area contributed by atoms with Crippen LogP contribution in [0.3, 0.4) is 0 Å². The van der Waals surface area contributed by atoms with Gasteiger partial charge in [-0.2, -0.15) is 0 Å². The van der Waals surface area contributed by atoms with E-state index in [0.717, 1.165) is 24.4 Å². The largest absolute Gasteiger partial charge is 0.367 e. The zero-order valence-electron chi connectivity index (χ0n) is 8.67. The summed E-state index contributed by atoms with van der Waals surface area (Å²) >= 11 is 0. The number of rotatable bonds is 4. The second-order valence-corrected chi connectivity index (χ2v) is 3.32. The van der Waals surface area contributed by atoms with Crippen molar-refractivity contribution in [1.29, 1.82) is 0 Å². The molecule has 0 fully saturated rings. The molecule has 1 rings (SSSR count). The second kappa shape index (κ2) is 4.85. The number of nitrogens with one attached hydrogen (secondary N) is 1. The molecule has 1 aromatic heterocycles. The van der Waals surface area contributed by atoms with Gasteiger partial charge in [0.15, 0.2) is 0 Å². The highest BCUT2D eigenvalue weighted by Gasteiger charge is 2.02. The van der Waals surface area contributed by atoms with E-state index in [1.165, 1.54) is 0 Å². The Hall–Kier alpha value is -1.05. The molecule has 0 aliphatic carbocycles. The molecule has 0 aromatic carbocycles. The Balaban J connectivity index is 2.62. The third kappa shape index (κ3) is 3.05. The quantitative estimate of drug-likeness (QED) is 0.766. The molecule has 0 saturated carbocycles. The van der Waals surface area contributed by atoms with Crippen molar-refractivity contribution in [3.63, 3.8) is 0 Å². The molecule has 1 N–H and O–H groups in total. The molecule has 0 spiro atoms. The number of anilines is 1. The van der Waals surface area contributed by atoms with E-state index in [4.69, 9.17) is 0 Å². The van der Waals surface area contributed by atoms with E-state index >= 15 is 0 Å². The summed E-state index contributed by atoms with van der Waals surface area (Å²) in [6.45, 7) is 6.39. The fourth-order valence-corrected chi connectivity index (χ4v) is 1.33. The van der Waals surface area contributed by atoms with E-state index < -0.39 is 0 Å². The maximum Gasteiger partial charge on any atom is 0.126 e. The molecule has 13 heavy (non-hydrogen) atoms. The molecule has 0 atom stereocenters. The van der Waals surface area contributed by atoms with E-state index in [1.807, 2.05) is 25.1 Å². The van der Waals surface area contributed by atoms with Crippen LogP contribution in [-0.2, 0) is 0 Å². The van der Waals surface area contributed by atoms with E-state index in [9.17, 15) is 0 Å². The summed E-state index contributed by atoms with van der Waals surface area (Å²) in [6.07, 6.45) is 2.29. The number of hydrogen-bond donors (Lipinski definition) is 1. The first kappa shape index (κ1) is 10.0. The smallest absolute Gasteiger partial charge is 0.126 e. The molecule has 0 unspecified atom stereocenters. The zero-order chi connectivity index (χ0) is 9.68. The Morgan fingerprint density at radius 3 is 2.54 bits per heavy atom. The van der Waals surface area contributed by atoms with Gasteiger partial charge in [0, 0.05) is 11.7 Å². The van der Waals surface area contributed by atoms with Crippen molar-refractivity contribution in [1.82, 2.24) is 4.98 Å². The molecule has 2 heteroatoms. The van der Waals surface area contributed by atoms with Gasteiger partial charge in [0.05, 0.1) is 0 Å². The molecule has 1 aromatic rings. The monoisotopic (exact) mass is 178 g/mol. The Kier molecular flexibility index (Phi) is 3.74. The van der Waals surface area contributed by atoms with Crippen molar-refractivity contribution in [2.24, 2.45) is 0 Å². The SMILES string of the molecule is CCC(CC)Nc1cccc(C)n1. The molecule has 2 nitrogen and oxygen atoms in total. The molecule has 1 heterocycles. The van der Waals surface area contributed by atoms with Crippen molar-refractivity contribution < 1.29 is 0 Å². The predicted octanol–water partition coefficient (Wildman–Crippen LogP) is 2.99. The Labute approximate surface area is 80.4 Å². The van der Waals surface area contributed by atoms with Crippen LogP contribution in [0.5, 0.6) is 0 Å². The van der Waals surface area contributed by atoms with Gasteiger partial charge in [-0.1, -0.05) is 19.9 Å². The second-order valence-electron chi connectivity index (χ2n) is 3.32. The average Bonchev–Trinajstić information content (AvgIpc) is 2.14. The summed E-state index contributed by atoms with van der Waals surface area (Å²) < 4.78 is 0. The molecule has 0 amide bonds. The third-order valence-electron chi connectivity index (χ3n) is 2.23. The Bertz CT molecular complexity index is 254. The Morgan fingerprint density at radius 2 is 2.00 bits per heavy atom. The summed E-state index contributed by atoms with van der Waals surface area (Å²) in [4.78, 5) is 4.40. The first-order chi connectivity index (χ1) is 6.26. The molecule has 0 radical (unpaired) electrons. The lowest BCUT2D eigenvalue weighted by molar-refractivity contribution is 0.668. The van der Waals surface area contributed by atoms with Crippen molar-refractivity contribution in [2.45, 2.75) is 39.7 Å². The number of aryl methyl sites for hydroxylation is 1. The van der Waals surface area contributed by atoms with Crippen LogP contribution >= 0.6 is 0 Å². The fourth-order valence-electron chi connectivity index (χ4n) is 1.33. The van der Waals surface area contributed by atoms with E-state index in [2.05, 4.69) is 24.1 Å². The lowest BCUT2D eigenvalue weighted by Crippen LogP contribution is -2.17. The summed E-state index contributed by atoms with van der Waals surface area (Å²) in [5, 5.41) is 3.41. The normalized spacial score (nSPS) is 10.5. The van der Waals surface area contributed by atoms with Crippen LogP contribution in [0.15, 0.2) is 18.2 Å². The summed E-state index contributed by atoms with van der Waals surface area (Å²) in [5.41, 5.74) is 1.07. The fraction of sp³-hybridized carbons (Fsp3) is 0.545. The number of aromatic nitrogens is 1. The van der Waals surface area contributed by atoms with Gasteiger partial charge in [0.25, 0.3) is 0 Å². The van der Waals surface area contributed by atoms with Crippen LogP contribution in [0.1, 0.15) is 32.4 Å². The van der Waals surface area contributed by atoms with Crippen molar-refractivity contribution in [3.05, 3.63) is 23.9 Å². The van der Waals surface area contributed by atoms with Crippen LogP contribution in [0.25, 0.3) is 0 Å². The van der Waals surface area contributed by atoms with Crippen LogP contribution in [0, 0.1) is 6.92 Å². The predicted molar refractivity (Wildman–Crippen MR) is 57.0 cm³/mol. The first-order valence-electron chi connectivity index (χ1n) is 4.96. The minimum Gasteiger partial charge on any atom is -0.367 e. The topological polar surface area (TPSA) is 24.9 Å². The molecule has 0 saturated heterocycles. The van der Waals surface area contributed by atoms with Gasteiger partial charge in [-0.25, -0.2) is 4.98 Å². The van der Waals surface area contributed by atoms with E-state index in [-0.39, 0.29) is 0 Å². The molecule has 0 aliphatic heterocycles. The average molecular weight is 178 g/mol. The molecule has 0 aliphatic rings. The highest BCUT2D eigenvalue weighted by Crippen LogP contribution is 2.08. The van der Waals surface area contributed by atoms with Crippen molar-refractivity contribution in [3.8, 4) is 0 Å². The number of pyridine rings is 1. The molecule has 72 valence electrons. The highest BCUT2D eigenvalue weighted by molar-refractivity contribution is 5.36. The van der Waals surface area contributed by atoms with Crippen molar-refractivity contribution >= 4 is 5.82 Å². The highest BCUT2D eigenvalue weighted by atomic mass is 15.0. The maximum atomic E-state index is 4.40. The van der Waals surface area contributed by atoms with Crippen LogP contribution < -0.4 is 5.32 Å². The lowest BCUT2D eigenvalue weighted by Gasteiger charge is -2.15. The third-order valence-corrected chi connectivity index (χ3v) is 2.23. The van der Waals surface area contributed by atoms with Gasteiger partial charge in [-0.15, -0.1) is 0 Å². The van der Waals surface area contributed by atoms with Gasteiger partial charge >= 0.3 is 0 Å². The Morgan fingerprint density at radius 1 is 1.31 bits per heavy atom. The lowest BCUT2D eigenvalue weighted by atomic mass is 10.2. The van der Waals surface area contributed by atoms with E-state index in [0.29, 0.717) is 6.04 Å². The summed E-state index contributed by atoms with van der Waals surface area (Å²) in [7, 11) is 0. The minimum atomic E-state index is 0.550. The van der Waals surface area contributed by atoms with Gasteiger partial charge in [0.1, 0.15) is 5.82 Å². The molecular formula is C11H18N2. The standard InChI is InChI=1S/C11H18N2/c1-4-10(5-2)13-11-8-6-7-9(3)12-11/h6-8,10H,4-5H2,1-3H3,(H,12,13). The van der Waals surface area contributed by atoms with Crippen LogP contribution in [-0.4, -0.2) is 11.0 Å².